The number of aryl methyl sites for hydroxylation is 1. The van der Waals surface area contributed by atoms with Crippen LogP contribution < -0.4 is 14.2 Å². The van der Waals surface area contributed by atoms with Gasteiger partial charge in [-0.3, -0.25) is 0 Å². The molecule has 2 aromatic carbocycles. The van der Waals surface area contributed by atoms with Crippen LogP contribution in [-0.4, -0.2) is 38.6 Å². The van der Waals surface area contributed by atoms with E-state index >= 15 is 0 Å². The minimum absolute atomic E-state index is 0. The average Bonchev–Trinajstić information content (AvgIpc) is 2.80. The second kappa shape index (κ2) is 13.4. The maximum absolute atomic E-state index is 10.4. The first kappa shape index (κ1) is 27.8. The largest absolute Gasteiger partial charge is 0.744 e. The molecule has 0 bridgehead atoms. The van der Waals surface area contributed by atoms with Crippen LogP contribution in [0.2, 0.25) is 0 Å². The maximum atomic E-state index is 10.4. The van der Waals surface area contributed by atoms with Crippen molar-refractivity contribution in [2.45, 2.75) is 18.7 Å². The Kier molecular flexibility index (Phi) is 11.3. The highest BCUT2D eigenvalue weighted by Gasteiger charge is 2.02. The molecule has 0 saturated heterocycles. The Morgan fingerprint density at radius 3 is 2.03 bits per heavy atom. The van der Waals surface area contributed by atoms with Crippen molar-refractivity contribution in [3.63, 3.8) is 0 Å². The first-order valence-corrected chi connectivity index (χ1v) is 11.8. The fourth-order valence-electron chi connectivity index (χ4n) is 3.02. The summed E-state index contributed by atoms with van der Waals surface area (Å²) in [5.41, 5.74) is 3.71. The van der Waals surface area contributed by atoms with E-state index in [1.807, 2.05) is 6.07 Å². The predicted octanol–water partition coefficient (Wildman–Crippen LogP) is 3.30. The fourth-order valence-corrected chi connectivity index (χ4v) is 3.49. The van der Waals surface area contributed by atoms with Crippen LogP contribution in [0.15, 0.2) is 77.8 Å². The zero-order valence-corrected chi connectivity index (χ0v) is 20.2. The molecule has 0 fully saturated rings. The minimum Gasteiger partial charge on any atom is -0.744 e. The molecule has 2 N–H and O–H groups in total. The molecule has 3 aromatic rings. The number of anilines is 1. The number of nitrogens with zero attached hydrogens (tertiary/aromatic N) is 2. The second-order valence-corrected chi connectivity index (χ2v) is 8.34. The van der Waals surface area contributed by atoms with Crippen molar-refractivity contribution >= 4 is 28.0 Å². The zero-order valence-electron chi connectivity index (χ0n) is 19.4. The number of pyridine rings is 1. The van der Waals surface area contributed by atoms with E-state index in [1.54, 1.807) is 0 Å². The van der Waals surface area contributed by atoms with Crippen molar-refractivity contribution in [3.8, 4) is 5.75 Å². The van der Waals surface area contributed by atoms with Gasteiger partial charge in [-0.25, -0.2) is 13.0 Å². The molecule has 1 aromatic heterocycles. The number of ether oxygens (including phenoxy) is 1. The predicted molar refractivity (Wildman–Crippen MR) is 131 cm³/mol. The van der Waals surface area contributed by atoms with Crippen LogP contribution in [0.5, 0.6) is 5.75 Å². The van der Waals surface area contributed by atoms with Gasteiger partial charge in [-0.05, 0) is 68.0 Å². The van der Waals surface area contributed by atoms with Gasteiger partial charge in [0.25, 0.3) is 0 Å². The third-order valence-electron chi connectivity index (χ3n) is 4.91. The molecule has 0 saturated carbocycles. The van der Waals surface area contributed by atoms with E-state index in [0.29, 0.717) is 5.75 Å². The summed E-state index contributed by atoms with van der Waals surface area (Å²) in [7, 11) is -0.816. The van der Waals surface area contributed by atoms with Crippen molar-refractivity contribution in [1.82, 2.24) is 0 Å². The van der Waals surface area contributed by atoms with Gasteiger partial charge in [0.15, 0.2) is 6.20 Å². The summed E-state index contributed by atoms with van der Waals surface area (Å²) in [5.74, 6) is 0.516. The molecule has 0 unspecified atom stereocenters. The summed E-state index contributed by atoms with van der Waals surface area (Å²) in [4.78, 5) is 2.10. The Labute approximate surface area is 196 Å². The van der Waals surface area contributed by atoms with Gasteiger partial charge in [0.2, 0.25) is 5.69 Å². The summed E-state index contributed by atoms with van der Waals surface area (Å²) in [6, 6.07) is 20.2. The van der Waals surface area contributed by atoms with Gasteiger partial charge in [0.05, 0.1) is 12.0 Å². The SMILES string of the molecule is CCN(CC)c1ccc(/C=C/c2cccc[n+]2C)cc1.COc1ccc(S(=O)(=O)[O-])cc1.O. The number of methoxy groups -OCH3 is 1. The van der Waals surface area contributed by atoms with Crippen molar-refractivity contribution in [1.29, 1.82) is 0 Å². The van der Waals surface area contributed by atoms with Crippen LogP contribution in [0.4, 0.5) is 5.69 Å². The number of rotatable bonds is 7. The molecule has 0 atom stereocenters. The number of hydrogen-bond donors (Lipinski definition) is 0. The highest BCUT2D eigenvalue weighted by Crippen LogP contribution is 2.16. The van der Waals surface area contributed by atoms with E-state index in [9.17, 15) is 13.0 Å². The third kappa shape index (κ3) is 8.69. The molecule has 0 aliphatic heterocycles. The van der Waals surface area contributed by atoms with E-state index in [4.69, 9.17) is 4.74 Å². The van der Waals surface area contributed by atoms with Crippen molar-refractivity contribution < 1.29 is 27.8 Å². The molecule has 0 aliphatic carbocycles. The smallest absolute Gasteiger partial charge is 0.204 e. The monoisotopic (exact) mass is 472 g/mol. The van der Waals surface area contributed by atoms with E-state index in [1.165, 1.54) is 48.3 Å². The van der Waals surface area contributed by atoms with Gasteiger partial charge in [0, 0.05) is 37.0 Å². The van der Waals surface area contributed by atoms with Gasteiger partial charge < -0.3 is 19.7 Å². The first-order valence-electron chi connectivity index (χ1n) is 10.4. The molecule has 0 aliphatic rings. The Morgan fingerprint density at radius 2 is 1.55 bits per heavy atom. The Bertz CT molecular complexity index is 1110. The fraction of sp³-hybridized carbons (Fsp3) is 0.240. The lowest BCUT2D eigenvalue weighted by Gasteiger charge is -2.20. The van der Waals surface area contributed by atoms with Crippen molar-refractivity contribution in [3.05, 3.63) is 84.2 Å². The molecule has 0 radical (unpaired) electrons. The maximum Gasteiger partial charge on any atom is 0.204 e. The normalized spacial score (nSPS) is 10.7. The van der Waals surface area contributed by atoms with Crippen LogP contribution in [0, 0.1) is 0 Å². The minimum atomic E-state index is -4.33. The number of aromatic nitrogens is 1. The molecule has 178 valence electrons. The zero-order chi connectivity index (χ0) is 23.6. The standard InChI is InChI=1S/C18H23N2.C7H8O4S.H2O/c1-4-20(5-2)18-13-10-16(11-14-18)9-12-17-8-6-7-15-19(17)3;1-11-6-2-4-7(5-3-6)12(8,9)10;/h6-15H,4-5H2,1-3H3;2-5H,1H3,(H,8,9,10);1H2/q+1;;/p-1. The van der Waals surface area contributed by atoms with E-state index < -0.39 is 10.1 Å². The summed E-state index contributed by atoms with van der Waals surface area (Å²) >= 11 is 0. The summed E-state index contributed by atoms with van der Waals surface area (Å²) in [6.07, 6.45) is 6.36. The Balaban J connectivity index is 0.000000361. The van der Waals surface area contributed by atoms with Crippen LogP contribution >= 0.6 is 0 Å². The second-order valence-electron chi connectivity index (χ2n) is 6.96. The highest BCUT2D eigenvalue weighted by atomic mass is 32.2. The van der Waals surface area contributed by atoms with E-state index in [-0.39, 0.29) is 10.4 Å². The van der Waals surface area contributed by atoms with Crippen LogP contribution in [0.3, 0.4) is 0 Å². The van der Waals surface area contributed by atoms with E-state index in [0.717, 1.165) is 13.1 Å². The van der Waals surface area contributed by atoms with Crippen LogP contribution in [0.1, 0.15) is 25.1 Å². The Hall–Kier alpha value is -3.20. The molecule has 8 heteroatoms. The molecule has 33 heavy (non-hydrogen) atoms. The quantitative estimate of drug-likeness (QED) is 0.388. The van der Waals surface area contributed by atoms with Crippen LogP contribution in [-0.2, 0) is 17.2 Å². The molecule has 1 heterocycles. The molecule has 0 spiro atoms. The molecule has 0 amide bonds. The van der Waals surface area contributed by atoms with Gasteiger partial charge in [-0.15, -0.1) is 0 Å². The van der Waals surface area contributed by atoms with Gasteiger partial charge in [0.1, 0.15) is 22.9 Å². The van der Waals surface area contributed by atoms with Gasteiger partial charge in [-0.1, -0.05) is 12.1 Å². The summed E-state index contributed by atoms with van der Waals surface area (Å²) in [6.45, 7) is 6.47. The lowest BCUT2D eigenvalue weighted by atomic mass is 10.1. The van der Waals surface area contributed by atoms with Crippen LogP contribution in [0.25, 0.3) is 12.2 Å². The topological polar surface area (TPSA) is 105 Å². The lowest BCUT2D eigenvalue weighted by molar-refractivity contribution is -0.673. The lowest BCUT2D eigenvalue weighted by Crippen LogP contribution is -2.30. The highest BCUT2D eigenvalue weighted by molar-refractivity contribution is 7.85. The molecule has 7 nitrogen and oxygen atoms in total. The number of hydrogen-bond acceptors (Lipinski definition) is 5. The molecular weight excluding hydrogens is 440 g/mol. The van der Waals surface area contributed by atoms with E-state index in [2.05, 4.69) is 85.1 Å². The first-order chi connectivity index (χ1) is 15.3. The van der Waals surface area contributed by atoms with Crippen molar-refractivity contribution in [2.75, 3.05) is 25.1 Å². The average molecular weight is 473 g/mol. The molecular formula is C25H32N2O5S. The summed E-state index contributed by atoms with van der Waals surface area (Å²) < 4.78 is 38.2. The van der Waals surface area contributed by atoms with Gasteiger partial charge in [-0.2, -0.15) is 0 Å². The molecule has 3 rings (SSSR count). The Morgan fingerprint density at radius 1 is 0.939 bits per heavy atom. The number of benzene rings is 2. The van der Waals surface area contributed by atoms with Gasteiger partial charge >= 0.3 is 0 Å². The van der Waals surface area contributed by atoms with Crippen molar-refractivity contribution in [2.24, 2.45) is 7.05 Å². The summed E-state index contributed by atoms with van der Waals surface area (Å²) in [5, 5.41) is 0. The third-order valence-corrected chi connectivity index (χ3v) is 5.76.